The molecule has 1 rings (SSSR count). The Hall–Kier alpha value is -1.91. The summed E-state index contributed by atoms with van der Waals surface area (Å²) in [5, 5.41) is 7.28. The van der Waals surface area contributed by atoms with Gasteiger partial charge in [0.05, 0.1) is 16.0 Å². The topological polar surface area (TPSA) is 89.3 Å². The van der Waals surface area contributed by atoms with Gasteiger partial charge in [0, 0.05) is 0 Å². The van der Waals surface area contributed by atoms with E-state index in [0.29, 0.717) is 6.07 Å². The maximum absolute atomic E-state index is 13.7. The largest absolute Gasteiger partial charge is 0.336 e. The van der Waals surface area contributed by atoms with Crippen LogP contribution in [0.25, 0.3) is 0 Å². The lowest BCUT2D eigenvalue weighted by Crippen LogP contribution is -2.42. The second kappa shape index (κ2) is 4.99. The first kappa shape index (κ1) is 15.1. The van der Waals surface area contributed by atoms with E-state index < -0.39 is 32.2 Å². The number of benzene rings is 1. The van der Waals surface area contributed by atoms with Crippen LogP contribution in [-0.2, 0) is 10.0 Å². The zero-order chi connectivity index (χ0) is 14.8. The molecule has 0 fully saturated rings. The Morgan fingerprint density at radius 2 is 2.05 bits per heavy atom. The molecule has 0 aliphatic rings. The average Bonchev–Trinajstić information content (AvgIpc) is 2.26. The van der Waals surface area contributed by atoms with Crippen LogP contribution in [0.2, 0.25) is 0 Å². The molecule has 0 bridgehead atoms. The van der Waals surface area contributed by atoms with Gasteiger partial charge in [-0.2, -0.15) is 0 Å². The van der Waals surface area contributed by atoms with Crippen molar-refractivity contribution in [2.75, 3.05) is 0 Å². The van der Waals surface area contributed by atoms with Gasteiger partial charge in [0.25, 0.3) is 5.91 Å². The van der Waals surface area contributed by atoms with Gasteiger partial charge in [0.1, 0.15) is 5.82 Å². The number of carbonyl (C=O) groups excluding carboxylic acids is 1. The highest BCUT2D eigenvalue weighted by atomic mass is 32.2. The Labute approximate surface area is 111 Å². The number of hydrogen-bond donors (Lipinski definition) is 2. The second-order valence-corrected chi connectivity index (χ2v) is 5.97. The van der Waals surface area contributed by atoms with Crippen LogP contribution < -0.4 is 10.5 Å². The Morgan fingerprint density at radius 1 is 1.47 bits per heavy atom. The molecule has 0 spiro atoms. The van der Waals surface area contributed by atoms with E-state index >= 15 is 0 Å². The lowest BCUT2D eigenvalue weighted by Gasteiger charge is -2.19. The van der Waals surface area contributed by atoms with Crippen molar-refractivity contribution >= 4 is 15.9 Å². The van der Waals surface area contributed by atoms with Crippen molar-refractivity contribution in [1.29, 1.82) is 0 Å². The predicted molar refractivity (Wildman–Crippen MR) is 68.2 cm³/mol. The van der Waals surface area contributed by atoms with Gasteiger partial charge < -0.3 is 5.32 Å². The standard InChI is InChI=1S/C12H13FN2O3S/c1-4-12(2,3)15-11(16)9-6-5-8(7-10(9)13)19(14,17)18/h1,5-7H,2-3H3,(H,15,16)(H2,14,17,18). The van der Waals surface area contributed by atoms with E-state index in [1.807, 2.05) is 0 Å². The number of sulfonamides is 1. The quantitative estimate of drug-likeness (QED) is 0.797. The fourth-order valence-electron chi connectivity index (χ4n) is 1.24. The molecular formula is C12H13FN2O3S. The van der Waals surface area contributed by atoms with Crippen LogP contribution in [0.1, 0.15) is 24.2 Å². The van der Waals surface area contributed by atoms with Crippen molar-refractivity contribution in [2.24, 2.45) is 5.14 Å². The Bertz CT molecular complexity index is 660. The first-order valence-corrected chi connectivity index (χ1v) is 6.74. The van der Waals surface area contributed by atoms with E-state index in [4.69, 9.17) is 11.6 Å². The van der Waals surface area contributed by atoms with Gasteiger partial charge >= 0.3 is 0 Å². The van der Waals surface area contributed by atoms with Crippen LogP contribution in [0.15, 0.2) is 23.1 Å². The summed E-state index contributed by atoms with van der Waals surface area (Å²) < 4.78 is 35.7. The van der Waals surface area contributed by atoms with E-state index in [9.17, 15) is 17.6 Å². The molecule has 19 heavy (non-hydrogen) atoms. The molecule has 0 aliphatic heterocycles. The van der Waals surface area contributed by atoms with Crippen LogP contribution in [0.4, 0.5) is 4.39 Å². The van der Waals surface area contributed by atoms with E-state index in [1.165, 1.54) is 0 Å². The number of hydrogen-bond acceptors (Lipinski definition) is 3. The summed E-state index contributed by atoms with van der Waals surface area (Å²) in [6.45, 7) is 3.14. The zero-order valence-corrected chi connectivity index (χ0v) is 11.2. The summed E-state index contributed by atoms with van der Waals surface area (Å²) in [5.41, 5.74) is -1.25. The van der Waals surface area contributed by atoms with Gasteiger partial charge in [-0.25, -0.2) is 17.9 Å². The molecule has 0 saturated heterocycles. The molecule has 7 heteroatoms. The summed E-state index contributed by atoms with van der Waals surface area (Å²) in [7, 11) is -4.01. The van der Waals surface area contributed by atoms with E-state index in [1.54, 1.807) is 13.8 Å². The minimum absolute atomic E-state index is 0.310. The van der Waals surface area contributed by atoms with E-state index in [2.05, 4.69) is 11.2 Å². The smallest absolute Gasteiger partial charge is 0.255 e. The molecule has 3 N–H and O–H groups in total. The SMILES string of the molecule is C#CC(C)(C)NC(=O)c1ccc(S(N)(=O)=O)cc1F. The lowest BCUT2D eigenvalue weighted by atomic mass is 10.1. The normalized spacial score (nSPS) is 11.7. The number of halogens is 1. The first-order chi connectivity index (χ1) is 8.57. The summed E-state index contributed by atoms with van der Waals surface area (Å²) in [6, 6.07) is 2.78. The molecule has 0 atom stereocenters. The van der Waals surface area contributed by atoms with Crippen molar-refractivity contribution in [3.8, 4) is 12.3 Å². The van der Waals surface area contributed by atoms with Gasteiger partial charge in [0.2, 0.25) is 10.0 Å². The number of rotatable bonds is 3. The van der Waals surface area contributed by atoms with Crippen molar-refractivity contribution in [1.82, 2.24) is 5.32 Å². The minimum atomic E-state index is -4.01. The molecule has 1 aromatic carbocycles. The molecule has 102 valence electrons. The van der Waals surface area contributed by atoms with Crippen molar-refractivity contribution in [3.63, 3.8) is 0 Å². The van der Waals surface area contributed by atoms with Gasteiger partial charge in [-0.15, -0.1) is 6.42 Å². The number of nitrogens with two attached hydrogens (primary N) is 1. The molecule has 0 aromatic heterocycles. The van der Waals surface area contributed by atoms with Crippen molar-refractivity contribution in [3.05, 3.63) is 29.6 Å². The highest BCUT2D eigenvalue weighted by Crippen LogP contribution is 2.14. The van der Waals surface area contributed by atoms with Gasteiger partial charge in [-0.3, -0.25) is 4.79 Å². The first-order valence-electron chi connectivity index (χ1n) is 5.19. The average molecular weight is 284 g/mol. The highest BCUT2D eigenvalue weighted by Gasteiger charge is 2.21. The second-order valence-electron chi connectivity index (χ2n) is 4.41. The molecular weight excluding hydrogens is 271 g/mol. The molecule has 0 radical (unpaired) electrons. The van der Waals surface area contributed by atoms with E-state index in [-0.39, 0.29) is 5.56 Å². The summed E-state index contributed by atoms with van der Waals surface area (Å²) in [5.74, 6) is 0.603. The molecule has 0 aliphatic carbocycles. The van der Waals surface area contributed by atoms with Gasteiger partial charge in [-0.1, -0.05) is 5.92 Å². The Kier molecular flexibility index (Phi) is 3.98. The van der Waals surface area contributed by atoms with Crippen LogP contribution in [-0.4, -0.2) is 19.9 Å². The van der Waals surface area contributed by atoms with Gasteiger partial charge in [-0.05, 0) is 32.0 Å². The summed E-state index contributed by atoms with van der Waals surface area (Å²) in [6.07, 6.45) is 5.20. The van der Waals surface area contributed by atoms with Crippen LogP contribution in [0.3, 0.4) is 0 Å². The number of terminal acetylenes is 1. The summed E-state index contributed by atoms with van der Waals surface area (Å²) in [4.78, 5) is 11.4. The molecule has 0 heterocycles. The van der Waals surface area contributed by atoms with Crippen molar-refractivity contribution in [2.45, 2.75) is 24.3 Å². The molecule has 1 amide bonds. The number of nitrogens with one attached hydrogen (secondary N) is 1. The maximum atomic E-state index is 13.7. The highest BCUT2D eigenvalue weighted by molar-refractivity contribution is 7.89. The molecule has 5 nitrogen and oxygen atoms in total. The Balaban J connectivity index is 3.12. The third-order valence-electron chi connectivity index (χ3n) is 2.30. The lowest BCUT2D eigenvalue weighted by molar-refractivity contribution is 0.0925. The van der Waals surface area contributed by atoms with Crippen LogP contribution in [0.5, 0.6) is 0 Å². The maximum Gasteiger partial charge on any atom is 0.255 e. The minimum Gasteiger partial charge on any atom is -0.336 e. The van der Waals surface area contributed by atoms with Gasteiger partial charge in [0.15, 0.2) is 0 Å². The predicted octanol–water partition coefficient (Wildman–Crippen LogP) is 0.615. The Morgan fingerprint density at radius 3 is 2.47 bits per heavy atom. The number of primary sulfonamides is 1. The third kappa shape index (κ3) is 3.77. The van der Waals surface area contributed by atoms with Crippen molar-refractivity contribution < 1.29 is 17.6 Å². The monoisotopic (exact) mass is 284 g/mol. The molecule has 0 saturated carbocycles. The molecule has 0 unspecified atom stereocenters. The van der Waals surface area contributed by atoms with Crippen LogP contribution in [0, 0.1) is 18.2 Å². The summed E-state index contributed by atoms with van der Waals surface area (Å²) >= 11 is 0. The number of amides is 1. The van der Waals surface area contributed by atoms with E-state index in [0.717, 1.165) is 12.1 Å². The fourth-order valence-corrected chi connectivity index (χ4v) is 1.77. The molecule has 1 aromatic rings. The fraction of sp³-hybridized carbons (Fsp3) is 0.250. The number of carbonyl (C=O) groups is 1. The third-order valence-corrected chi connectivity index (χ3v) is 3.21. The van der Waals surface area contributed by atoms with Crippen LogP contribution >= 0.6 is 0 Å². The zero-order valence-electron chi connectivity index (χ0n) is 10.4.